The van der Waals surface area contributed by atoms with Gasteiger partial charge in [0.25, 0.3) is 5.91 Å². The van der Waals surface area contributed by atoms with Gasteiger partial charge in [-0.25, -0.2) is 0 Å². The van der Waals surface area contributed by atoms with Crippen molar-refractivity contribution in [3.05, 3.63) is 64.7 Å². The Morgan fingerprint density at radius 1 is 1.14 bits per heavy atom. The Kier molecular flexibility index (Phi) is 4.22. The van der Waals surface area contributed by atoms with Gasteiger partial charge in [-0.1, -0.05) is 12.0 Å². The number of anilines is 1. The first-order valence-corrected chi connectivity index (χ1v) is 6.37. The fraction of sp³-hybridized carbons (Fsp3) is 0.118. The molecule has 0 aromatic heterocycles. The van der Waals surface area contributed by atoms with Gasteiger partial charge in [0.05, 0.1) is 5.56 Å². The number of halogens is 3. The summed E-state index contributed by atoms with van der Waals surface area (Å²) in [6, 6.07) is 9.09. The number of carbonyl (C=O) groups is 1. The van der Waals surface area contributed by atoms with E-state index in [1.54, 1.807) is 18.2 Å². The second-order valence-electron chi connectivity index (χ2n) is 4.70. The minimum Gasteiger partial charge on any atom is -0.322 e. The van der Waals surface area contributed by atoms with E-state index in [9.17, 15) is 18.0 Å². The smallest absolute Gasteiger partial charge is 0.322 e. The third kappa shape index (κ3) is 3.47. The summed E-state index contributed by atoms with van der Waals surface area (Å²) in [5.74, 6) is 2.00. The van der Waals surface area contributed by atoms with Gasteiger partial charge in [0, 0.05) is 16.8 Å². The fourth-order valence-corrected chi connectivity index (χ4v) is 1.87. The average Bonchev–Trinajstić information content (AvgIpc) is 2.48. The SMILES string of the molecule is C#Cc1cc(NC(=O)c2ccc(C(F)(F)F)cc2)ccc1C. The molecule has 0 radical (unpaired) electrons. The van der Waals surface area contributed by atoms with Gasteiger partial charge in [-0.3, -0.25) is 4.79 Å². The molecule has 22 heavy (non-hydrogen) atoms. The predicted octanol–water partition coefficient (Wildman–Crippen LogP) is 4.25. The standard InChI is InChI=1S/C17H12F3NO/c1-3-12-10-15(9-4-11(12)2)21-16(22)13-5-7-14(8-6-13)17(18,19)20/h1,4-10H,2H3,(H,21,22). The number of alkyl halides is 3. The lowest BCUT2D eigenvalue weighted by Crippen LogP contribution is -2.13. The van der Waals surface area contributed by atoms with E-state index in [1.807, 2.05) is 6.92 Å². The minimum atomic E-state index is -4.42. The first-order chi connectivity index (χ1) is 10.3. The molecule has 112 valence electrons. The van der Waals surface area contributed by atoms with Crippen LogP contribution in [0.3, 0.4) is 0 Å². The van der Waals surface area contributed by atoms with Crippen LogP contribution in [-0.4, -0.2) is 5.91 Å². The quantitative estimate of drug-likeness (QED) is 0.826. The number of benzene rings is 2. The van der Waals surface area contributed by atoms with Gasteiger partial charge < -0.3 is 5.32 Å². The Morgan fingerprint density at radius 3 is 2.32 bits per heavy atom. The highest BCUT2D eigenvalue weighted by Crippen LogP contribution is 2.29. The Balaban J connectivity index is 2.18. The predicted molar refractivity (Wildman–Crippen MR) is 78.5 cm³/mol. The Labute approximate surface area is 126 Å². The molecular formula is C17H12F3NO. The lowest BCUT2D eigenvalue weighted by atomic mass is 10.1. The topological polar surface area (TPSA) is 29.1 Å². The molecule has 1 amide bonds. The molecule has 2 rings (SSSR count). The molecule has 0 saturated carbocycles. The molecule has 0 aliphatic heterocycles. The highest BCUT2D eigenvalue weighted by Gasteiger charge is 2.30. The lowest BCUT2D eigenvalue weighted by Gasteiger charge is -2.09. The zero-order chi connectivity index (χ0) is 16.3. The van der Waals surface area contributed by atoms with Gasteiger partial charge in [-0.2, -0.15) is 13.2 Å². The van der Waals surface area contributed by atoms with Crippen LogP contribution in [0.15, 0.2) is 42.5 Å². The first kappa shape index (κ1) is 15.6. The molecule has 2 nitrogen and oxygen atoms in total. The lowest BCUT2D eigenvalue weighted by molar-refractivity contribution is -0.137. The van der Waals surface area contributed by atoms with E-state index in [4.69, 9.17) is 6.42 Å². The highest BCUT2D eigenvalue weighted by molar-refractivity contribution is 6.04. The molecule has 1 N–H and O–H groups in total. The summed E-state index contributed by atoms with van der Waals surface area (Å²) in [6.07, 6.45) is 0.927. The fourth-order valence-electron chi connectivity index (χ4n) is 1.87. The molecule has 2 aromatic carbocycles. The number of carbonyl (C=O) groups excluding carboxylic acids is 1. The second kappa shape index (κ2) is 5.94. The van der Waals surface area contributed by atoms with Gasteiger partial charge in [0.1, 0.15) is 0 Å². The van der Waals surface area contributed by atoms with Gasteiger partial charge >= 0.3 is 6.18 Å². The van der Waals surface area contributed by atoms with Crippen molar-refractivity contribution in [2.24, 2.45) is 0 Å². The Hall–Kier alpha value is -2.74. The van der Waals surface area contributed by atoms with Crippen LogP contribution in [0, 0.1) is 19.3 Å². The van der Waals surface area contributed by atoms with E-state index in [-0.39, 0.29) is 5.56 Å². The third-order valence-corrected chi connectivity index (χ3v) is 3.13. The van der Waals surface area contributed by atoms with E-state index in [0.717, 1.165) is 29.8 Å². The second-order valence-corrected chi connectivity index (χ2v) is 4.70. The number of rotatable bonds is 2. The molecule has 0 unspecified atom stereocenters. The molecule has 0 aliphatic carbocycles. The van der Waals surface area contributed by atoms with Crippen LogP contribution >= 0.6 is 0 Å². The minimum absolute atomic E-state index is 0.135. The van der Waals surface area contributed by atoms with Crippen LogP contribution in [0.25, 0.3) is 0 Å². The Morgan fingerprint density at radius 2 is 1.77 bits per heavy atom. The van der Waals surface area contributed by atoms with Gasteiger partial charge in [-0.15, -0.1) is 6.42 Å². The van der Waals surface area contributed by atoms with Crippen LogP contribution in [-0.2, 0) is 6.18 Å². The number of hydrogen-bond acceptors (Lipinski definition) is 1. The molecule has 0 spiro atoms. The average molecular weight is 303 g/mol. The molecule has 0 bridgehead atoms. The van der Waals surface area contributed by atoms with Crippen LogP contribution in [0.2, 0.25) is 0 Å². The van der Waals surface area contributed by atoms with Gasteiger partial charge in [-0.05, 0) is 48.9 Å². The van der Waals surface area contributed by atoms with Crippen molar-refractivity contribution < 1.29 is 18.0 Å². The summed E-state index contributed by atoms with van der Waals surface area (Å²) in [4.78, 5) is 12.0. The van der Waals surface area contributed by atoms with E-state index in [2.05, 4.69) is 11.2 Å². The largest absolute Gasteiger partial charge is 0.416 e. The number of nitrogens with one attached hydrogen (secondary N) is 1. The maximum Gasteiger partial charge on any atom is 0.416 e. The van der Waals surface area contributed by atoms with E-state index < -0.39 is 17.6 Å². The zero-order valence-corrected chi connectivity index (χ0v) is 11.7. The summed E-state index contributed by atoms with van der Waals surface area (Å²) in [5, 5.41) is 2.60. The van der Waals surface area contributed by atoms with E-state index >= 15 is 0 Å². The molecular weight excluding hydrogens is 291 g/mol. The van der Waals surface area contributed by atoms with Gasteiger partial charge in [0.15, 0.2) is 0 Å². The summed E-state index contributed by atoms with van der Waals surface area (Å²) >= 11 is 0. The van der Waals surface area contributed by atoms with Crippen molar-refractivity contribution in [3.63, 3.8) is 0 Å². The molecule has 0 aliphatic rings. The van der Waals surface area contributed by atoms with Crippen molar-refractivity contribution in [2.45, 2.75) is 13.1 Å². The molecule has 0 fully saturated rings. The number of amides is 1. The van der Waals surface area contributed by atoms with Crippen LogP contribution in [0.1, 0.15) is 27.0 Å². The van der Waals surface area contributed by atoms with E-state index in [0.29, 0.717) is 11.3 Å². The highest BCUT2D eigenvalue weighted by atomic mass is 19.4. The zero-order valence-electron chi connectivity index (χ0n) is 11.7. The molecule has 0 saturated heterocycles. The molecule has 5 heteroatoms. The van der Waals surface area contributed by atoms with Crippen molar-refractivity contribution in [1.29, 1.82) is 0 Å². The summed E-state index contributed by atoms with van der Waals surface area (Å²) in [7, 11) is 0. The maximum absolute atomic E-state index is 12.5. The third-order valence-electron chi connectivity index (χ3n) is 3.13. The van der Waals surface area contributed by atoms with Crippen molar-refractivity contribution in [3.8, 4) is 12.3 Å². The summed E-state index contributed by atoms with van der Waals surface area (Å²) in [5.41, 5.74) is 1.37. The van der Waals surface area contributed by atoms with Crippen LogP contribution < -0.4 is 5.32 Å². The van der Waals surface area contributed by atoms with E-state index in [1.165, 1.54) is 0 Å². The Bertz CT molecular complexity index is 740. The summed E-state index contributed by atoms with van der Waals surface area (Å²) < 4.78 is 37.4. The monoisotopic (exact) mass is 303 g/mol. The normalized spacial score (nSPS) is 10.9. The first-order valence-electron chi connectivity index (χ1n) is 6.37. The van der Waals surface area contributed by atoms with Crippen LogP contribution in [0.4, 0.5) is 18.9 Å². The van der Waals surface area contributed by atoms with Crippen molar-refractivity contribution in [2.75, 3.05) is 5.32 Å². The number of terminal acetylenes is 1. The van der Waals surface area contributed by atoms with Gasteiger partial charge in [0.2, 0.25) is 0 Å². The van der Waals surface area contributed by atoms with Crippen molar-refractivity contribution in [1.82, 2.24) is 0 Å². The maximum atomic E-state index is 12.5. The van der Waals surface area contributed by atoms with Crippen LogP contribution in [0.5, 0.6) is 0 Å². The molecule has 0 heterocycles. The number of aryl methyl sites for hydroxylation is 1. The van der Waals surface area contributed by atoms with Crippen molar-refractivity contribution >= 4 is 11.6 Å². The summed E-state index contributed by atoms with van der Waals surface area (Å²) in [6.45, 7) is 1.84. The number of hydrogen-bond donors (Lipinski definition) is 1. The molecule has 0 atom stereocenters. The molecule has 2 aromatic rings.